The lowest BCUT2D eigenvalue weighted by molar-refractivity contribution is -0.148. The van der Waals surface area contributed by atoms with E-state index in [4.69, 9.17) is 9.84 Å². The molecule has 0 heterocycles. The molecule has 1 atom stereocenters. The third-order valence-corrected chi connectivity index (χ3v) is 3.44. The lowest BCUT2D eigenvalue weighted by Crippen LogP contribution is -2.40. The number of amides is 1. The molecule has 5 heteroatoms. The second-order valence-corrected chi connectivity index (χ2v) is 4.68. The van der Waals surface area contributed by atoms with Crippen molar-refractivity contribution in [3.05, 3.63) is 35.4 Å². The number of carbonyl (C=O) groups excluding carboxylic acids is 1. The van der Waals surface area contributed by atoms with Gasteiger partial charge in [-0.05, 0) is 24.0 Å². The van der Waals surface area contributed by atoms with Crippen LogP contribution in [0.2, 0.25) is 0 Å². The predicted octanol–water partition coefficient (Wildman–Crippen LogP) is 0.617. The average Bonchev–Trinajstić information content (AvgIpc) is 2.82. The van der Waals surface area contributed by atoms with E-state index in [1.807, 2.05) is 24.3 Å². The third-order valence-electron chi connectivity index (χ3n) is 3.44. The van der Waals surface area contributed by atoms with Crippen LogP contribution in [0.3, 0.4) is 0 Å². The van der Waals surface area contributed by atoms with Crippen LogP contribution in [0.1, 0.15) is 11.1 Å². The number of carbonyl (C=O) groups is 2. The highest BCUT2D eigenvalue weighted by atomic mass is 16.5. The molecule has 0 aromatic heterocycles. The number of aliphatic carboxylic acids is 1. The van der Waals surface area contributed by atoms with Gasteiger partial charge in [-0.3, -0.25) is 4.79 Å². The second-order valence-electron chi connectivity index (χ2n) is 4.68. The minimum atomic E-state index is -1.07. The molecule has 2 rings (SSSR count). The molecule has 1 aliphatic carbocycles. The van der Waals surface area contributed by atoms with Crippen molar-refractivity contribution in [1.29, 1.82) is 0 Å². The van der Waals surface area contributed by atoms with Crippen molar-refractivity contribution in [3.63, 3.8) is 0 Å². The Hall–Kier alpha value is -1.88. The summed E-state index contributed by atoms with van der Waals surface area (Å²) in [5.74, 6) is -1.29. The van der Waals surface area contributed by atoms with Gasteiger partial charge in [0.05, 0.1) is 6.54 Å². The molecule has 0 saturated heterocycles. The first-order valence-electron chi connectivity index (χ1n) is 6.22. The molecule has 0 spiro atoms. The molecule has 1 aliphatic rings. The van der Waals surface area contributed by atoms with Gasteiger partial charge in [0.15, 0.2) is 6.10 Å². The van der Waals surface area contributed by atoms with Gasteiger partial charge in [0.25, 0.3) is 0 Å². The fraction of sp³-hybridized carbons (Fsp3) is 0.429. The van der Waals surface area contributed by atoms with E-state index in [1.54, 1.807) is 0 Å². The maximum atomic E-state index is 12.0. The van der Waals surface area contributed by atoms with E-state index < -0.39 is 12.1 Å². The zero-order valence-corrected chi connectivity index (χ0v) is 10.8. The number of nitrogens with one attached hydrogen (secondary N) is 1. The highest BCUT2D eigenvalue weighted by molar-refractivity contribution is 5.81. The van der Waals surface area contributed by atoms with Crippen molar-refractivity contribution < 1.29 is 19.4 Å². The number of carboxylic acids is 1. The van der Waals surface area contributed by atoms with E-state index in [-0.39, 0.29) is 18.4 Å². The summed E-state index contributed by atoms with van der Waals surface area (Å²) in [5, 5.41) is 11.5. The molecule has 2 N–H and O–H groups in total. The maximum absolute atomic E-state index is 12.0. The van der Waals surface area contributed by atoms with Gasteiger partial charge >= 0.3 is 5.97 Å². The van der Waals surface area contributed by atoms with E-state index in [9.17, 15) is 9.59 Å². The van der Waals surface area contributed by atoms with Crippen LogP contribution in [0.25, 0.3) is 0 Å². The molecule has 1 amide bonds. The molecular weight excluding hydrogens is 246 g/mol. The topological polar surface area (TPSA) is 75.6 Å². The molecule has 102 valence electrons. The number of fused-ring (bicyclic) bond motifs is 1. The minimum absolute atomic E-state index is 0.00247. The molecule has 0 fully saturated rings. The number of ether oxygens (including phenoxy) is 1. The summed E-state index contributed by atoms with van der Waals surface area (Å²) in [4.78, 5) is 22.8. The number of rotatable bonds is 5. The van der Waals surface area contributed by atoms with Crippen LogP contribution in [0.5, 0.6) is 0 Å². The largest absolute Gasteiger partial charge is 0.479 e. The number of hydrogen-bond acceptors (Lipinski definition) is 3. The highest BCUT2D eigenvalue weighted by Gasteiger charge is 2.28. The van der Waals surface area contributed by atoms with Crippen molar-refractivity contribution in [1.82, 2.24) is 5.32 Å². The van der Waals surface area contributed by atoms with Gasteiger partial charge in [0, 0.05) is 13.0 Å². The summed E-state index contributed by atoms with van der Waals surface area (Å²) in [6.07, 6.45) is 0.437. The predicted molar refractivity (Wildman–Crippen MR) is 68.8 cm³/mol. The van der Waals surface area contributed by atoms with Gasteiger partial charge in [-0.2, -0.15) is 0 Å². The zero-order chi connectivity index (χ0) is 13.8. The van der Waals surface area contributed by atoms with Crippen molar-refractivity contribution in [2.24, 2.45) is 5.92 Å². The quantitative estimate of drug-likeness (QED) is 0.816. The molecule has 0 aliphatic heterocycles. The van der Waals surface area contributed by atoms with E-state index >= 15 is 0 Å². The van der Waals surface area contributed by atoms with Gasteiger partial charge in [0.1, 0.15) is 0 Å². The summed E-state index contributed by atoms with van der Waals surface area (Å²) in [6, 6.07) is 7.98. The van der Waals surface area contributed by atoms with Crippen LogP contribution in [0.15, 0.2) is 24.3 Å². The molecule has 5 nitrogen and oxygen atoms in total. The number of benzene rings is 1. The Morgan fingerprint density at radius 1 is 1.37 bits per heavy atom. The Morgan fingerprint density at radius 2 is 1.95 bits per heavy atom. The zero-order valence-electron chi connectivity index (χ0n) is 10.8. The van der Waals surface area contributed by atoms with Crippen LogP contribution >= 0.6 is 0 Å². The van der Waals surface area contributed by atoms with Gasteiger partial charge in [-0.15, -0.1) is 0 Å². The van der Waals surface area contributed by atoms with Crippen LogP contribution in [0.4, 0.5) is 0 Å². The Bertz CT molecular complexity index is 461. The van der Waals surface area contributed by atoms with Gasteiger partial charge in [-0.1, -0.05) is 24.3 Å². The molecular formula is C14H17NO4. The Balaban J connectivity index is 1.88. The van der Waals surface area contributed by atoms with Gasteiger partial charge in [0.2, 0.25) is 5.91 Å². The van der Waals surface area contributed by atoms with E-state index in [0.29, 0.717) is 12.8 Å². The van der Waals surface area contributed by atoms with E-state index in [0.717, 1.165) is 0 Å². The van der Waals surface area contributed by atoms with Crippen molar-refractivity contribution in [3.8, 4) is 0 Å². The molecule has 1 aromatic carbocycles. The summed E-state index contributed by atoms with van der Waals surface area (Å²) in [6.45, 7) is -0.00247. The first-order valence-corrected chi connectivity index (χ1v) is 6.22. The van der Waals surface area contributed by atoms with Crippen molar-refractivity contribution >= 4 is 11.9 Å². The standard InChI is InChI=1S/C14H17NO4/c1-19-12(14(17)18)8-15-13(16)11-6-9-4-2-3-5-10(9)7-11/h2-5,11-12H,6-8H2,1H3,(H,15,16)(H,17,18). The van der Waals surface area contributed by atoms with Crippen LogP contribution in [0, 0.1) is 5.92 Å². The van der Waals surface area contributed by atoms with E-state index in [2.05, 4.69) is 5.32 Å². The summed E-state index contributed by atoms with van der Waals surface area (Å²) in [7, 11) is 1.32. The normalized spacial score (nSPS) is 15.8. The van der Waals surface area contributed by atoms with Crippen LogP contribution in [-0.4, -0.2) is 36.7 Å². The number of carboxylic acid groups (broad SMARTS) is 1. The molecule has 0 bridgehead atoms. The minimum Gasteiger partial charge on any atom is -0.479 e. The Labute approximate surface area is 111 Å². The molecule has 0 saturated carbocycles. The average molecular weight is 263 g/mol. The number of hydrogen-bond donors (Lipinski definition) is 2. The SMILES string of the molecule is COC(CNC(=O)C1Cc2ccccc2C1)C(=O)O. The Kier molecular flexibility index (Phi) is 4.16. The monoisotopic (exact) mass is 263 g/mol. The van der Waals surface area contributed by atoms with E-state index in [1.165, 1.54) is 18.2 Å². The van der Waals surface area contributed by atoms with Crippen molar-refractivity contribution in [2.75, 3.05) is 13.7 Å². The third kappa shape index (κ3) is 3.12. The fourth-order valence-corrected chi connectivity index (χ4v) is 2.35. The Morgan fingerprint density at radius 3 is 2.42 bits per heavy atom. The van der Waals surface area contributed by atoms with Crippen molar-refractivity contribution in [2.45, 2.75) is 18.9 Å². The highest BCUT2D eigenvalue weighted by Crippen LogP contribution is 2.26. The summed E-state index contributed by atoms with van der Waals surface area (Å²) < 4.78 is 4.77. The lowest BCUT2D eigenvalue weighted by Gasteiger charge is -2.14. The fourth-order valence-electron chi connectivity index (χ4n) is 2.35. The summed E-state index contributed by atoms with van der Waals surface area (Å²) in [5.41, 5.74) is 2.40. The van der Waals surface area contributed by atoms with Crippen LogP contribution in [-0.2, 0) is 27.2 Å². The van der Waals surface area contributed by atoms with Crippen LogP contribution < -0.4 is 5.32 Å². The maximum Gasteiger partial charge on any atom is 0.334 e. The second kappa shape index (κ2) is 5.84. The molecule has 19 heavy (non-hydrogen) atoms. The smallest absolute Gasteiger partial charge is 0.334 e. The van der Waals surface area contributed by atoms with Gasteiger partial charge < -0.3 is 15.2 Å². The number of methoxy groups -OCH3 is 1. The molecule has 1 aromatic rings. The first kappa shape index (κ1) is 13.5. The summed E-state index contributed by atoms with van der Waals surface area (Å²) >= 11 is 0. The van der Waals surface area contributed by atoms with Gasteiger partial charge in [-0.25, -0.2) is 4.79 Å². The first-order chi connectivity index (χ1) is 9.11. The molecule has 1 unspecified atom stereocenters. The lowest BCUT2D eigenvalue weighted by atomic mass is 10.1. The molecule has 0 radical (unpaired) electrons.